The second kappa shape index (κ2) is 4.87. The molecular formula is C8H15N3O. The van der Waals surface area contributed by atoms with E-state index in [2.05, 4.69) is 22.4 Å². The normalized spacial score (nSPS) is 10.5. The van der Waals surface area contributed by atoms with Crippen LogP contribution in [0.3, 0.4) is 0 Å². The molecule has 12 heavy (non-hydrogen) atoms. The lowest BCUT2D eigenvalue weighted by atomic mass is 10.2. The zero-order valence-electron chi connectivity index (χ0n) is 7.63. The second-order valence-electron chi connectivity index (χ2n) is 2.74. The fourth-order valence-electron chi connectivity index (χ4n) is 0.950. The Morgan fingerprint density at radius 2 is 2.33 bits per heavy atom. The van der Waals surface area contributed by atoms with Crippen molar-refractivity contribution >= 4 is 0 Å². The van der Waals surface area contributed by atoms with Crippen molar-refractivity contribution in [3.63, 3.8) is 0 Å². The van der Waals surface area contributed by atoms with E-state index in [1.54, 1.807) is 0 Å². The van der Waals surface area contributed by atoms with Crippen molar-refractivity contribution < 1.29 is 4.52 Å². The molecule has 1 heterocycles. The molecule has 1 aromatic rings. The molecule has 68 valence electrons. The van der Waals surface area contributed by atoms with Gasteiger partial charge in [-0.25, -0.2) is 0 Å². The third-order valence-corrected chi connectivity index (χ3v) is 1.59. The molecule has 0 amide bonds. The van der Waals surface area contributed by atoms with Crippen molar-refractivity contribution in [3.8, 4) is 0 Å². The number of aromatic nitrogens is 2. The van der Waals surface area contributed by atoms with E-state index in [4.69, 9.17) is 4.52 Å². The van der Waals surface area contributed by atoms with Crippen molar-refractivity contribution in [2.75, 3.05) is 7.05 Å². The van der Waals surface area contributed by atoms with Crippen LogP contribution in [0.25, 0.3) is 0 Å². The van der Waals surface area contributed by atoms with Crippen LogP contribution in [0.1, 0.15) is 31.5 Å². The first kappa shape index (κ1) is 9.19. The number of nitrogens with zero attached hydrogens (tertiary/aromatic N) is 2. The van der Waals surface area contributed by atoms with E-state index in [-0.39, 0.29) is 0 Å². The van der Waals surface area contributed by atoms with Crippen LogP contribution >= 0.6 is 0 Å². The molecule has 0 spiro atoms. The molecule has 0 aliphatic rings. The molecule has 0 saturated carbocycles. The van der Waals surface area contributed by atoms with E-state index in [0.29, 0.717) is 12.4 Å². The lowest BCUT2D eigenvalue weighted by Gasteiger charge is -1.88. The molecule has 1 aromatic heterocycles. The predicted octanol–water partition coefficient (Wildman–Crippen LogP) is 1.13. The summed E-state index contributed by atoms with van der Waals surface area (Å²) in [4.78, 5) is 4.20. The van der Waals surface area contributed by atoms with E-state index < -0.39 is 0 Å². The highest BCUT2D eigenvalue weighted by molar-refractivity contribution is 4.85. The molecule has 1 rings (SSSR count). The van der Waals surface area contributed by atoms with Gasteiger partial charge in [-0.15, -0.1) is 0 Å². The highest BCUT2D eigenvalue weighted by Crippen LogP contribution is 2.01. The van der Waals surface area contributed by atoms with Gasteiger partial charge in [-0.2, -0.15) is 4.98 Å². The molecule has 0 bridgehead atoms. The molecule has 1 N–H and O–H groups in total. The maximum Gasteiger partial charge on any atom is 0.240 e. The van der Waals surface area contributed by atoms with Crippen LogP contribution in [0.4, 0.5) is 0 Å². The van der Waals surface area contributed by atoms with Gasteiger partial charge in [-0.05, 0) is 13.5 Å². The van der Waals surface area contributed by atoms with Crippen LogP contribution in [-0.2, 0) is 13.0 Å². The Labute approximate surface area is 72.4 Å². The number of rotatable bonds is 5. The average molecular weight is 169 g/mol. The fraction of sp³-hybridized carbons (Fsp3) is 0.750. The number of hydrogen-bond donors (Lipinski definition) is 1. The van der Waals surface area contributed by atoms with Gasteiger partial charge in [-0.1, -0.05) is 18.5 Å². The molecule has 0 aliphatic heterocycles. The van der Waals surface area contributed by atoms with Gasteiger partial charge in [-0.3, -0.25) is 0 Å². The number of nitrogens with one attached hydrogen (secondary N) is 1. The number of hydrogen-bond acceptors (Lipinski definition) is 4. The Kier molecular flexibility index (Phi) is 3.73. The van der Waals surface area contributed by atoms with E-state index >= 15 is 0 Å². The summed E-state index contributed by atoms with van der Waals surface area (Å²) in [6.07, 6.45) is 3.21. The van der Waals surface area contributed by atoms with Crippen molar-refractivity contribution in [1.82, 2.24) is 15.5 Å². The Hall–Kier alpha value is -0.900. The standard InChI is InChI=1S/C8H15N3O/c1-3-4-5-7-10-8(6-9-2)12-11-7/h9H,3-6H2,1-2H3. The monoisotopic (exact) mass is 169 g/mol. The Bertz CT molecular complexity index is 222. The fourth-order valence-corrected chi connectivity index (χ4v) is 0.950. The van der Waals surface area contributed by atoms with Crippen LogP contribution in [0.2, 0.25) is 0 Å². The van der Waals surface area contributed by atoms with Crippen LogP contribution < -0.4 is 5.32 Å². The lowest BCUT2D eigenvalue weighted by Crippen LogP contribution is -2.05. The van der Waals surface area contributed by atoms with Gasteiger partial charge in [0.05, 0.1) is 6.54 Å². The highest BCUT2D eigenvalue weighted by Gasteiger charge is 2.03. The van der Waals surface area contributed by atoms with Crippen molar-refractivity contribution in [3.05, 3.63) is 11.7 Å². The Morgan fingerprint density at radius 1 is 1.50 bits per heavy atom. The quantitative estimate of drug-likeness (QED) is 0.718. The molecule has 4 nitrogen and oxygen atoms in total. The maximum atomic E-state index is 4.98. The Morgan fingerprint density at radius 3 is 3.00 bits per heavy atom. The van der Waals surface area contributed by atoms with Crippen LogP contribution in [0.15, 0.2) is 4.52 Å². The van der Waals surface area contributed by atoms with Crippen molar-refractivity contribution in [2.24, 2.45) is 0 Å². The van der Waals surface area contributed by atoms with Gasteiger partial charge < -0.3 is 9.84 Å². The summed E-state index contributed by atoms with van der Waals surface area (Å²) in [6.45, 7) is 2.80. The summed E-state index contributed by atoms with van der Waals surface area (Å²) in [7, 11) is 1.86. The zero-order chi connectivity index (χ0) is 8.81. The highest BCUT2D eigenvalue weighted by atomic mass is 16.5. The van der Waals surface area contributed by atoms with E-state index in [1.165, 1.54) is 0 Å². The third kappa shape index (κ3) is 2.62. The summed E-state index contributed by atoms with van der Waals surface area (Å²) >= 11 is 0. The summed E-state index contributed by atoms with van der Waals surface area (Å²) in [5.41, 5.74) is 0. The molecule has 0 unspecified atom stereocenters. The molecule has 0 aromatic carbocycles. The summed E-state index contributed by atoms with van der Waals surface area (Å²) in [5.74, 6) is 1.49. The van der Waals surface area contributed by atoms with Gasteiger partial charge in [0.25, 0.3) is 0 Å². The number of unbranched alkanes of at least 4 members (excludes halogenated alkanes) is 1. The van der Waals surface area contributed by atoms with Crippen LogP contribution in [0, 0.1) is 0 Å². The average Bonchev–Trinajstić information content (AvgIpc) is 2.50. The minimum atomic E-state index is 0.652. The predicted molar refractivity (Wildman–Crippen MR) is 45.7 cm³/mol. The number of aryl methyl sites for hydroxylation is 1. The van der Waals surface area contributed by atoms with Gasteiger partial charge in [0, 0.05) is 6.42 Å². The largest absolute Gasteiger partial charge is 0.338 e. The zero-order valence-corrected chi connectivity index (χ0v) is 7.63. The van der Waals surface area contributed by atoms with Crippen molar-refractivity contribution in [1.29, 1.82) is 0 Å². The first-order valence-corrected chi connectivity index (χ1v) is 4.33. The maximum absolute atomic E-state index is 4.98. The smallest absolute Gasteiger partial charge is 0.240 e. The second-order valence-corrected chi connectivity index (χ2v) is 2.74. The SMILES string of the molecule is CCCCc1noc(CNC)n1. The Balaban J connectivity index is 2.41. The van der Waals surface area contributed by atoms with Gasteiger partial charge in [0.1, 0.15) is 0 Å². The molecular weight excluding hydrogens is 154 g/mol. The minimum Gasteiger partial charge on any atom is -0.338 e. The molecule has 0 radical (unpaired) electrons. The van der Waals surface area contributed by atoms with Gasteiger partial charge in [0.15, 0.2) is 5.82 Å². The molecule has 4 heteroatoms. The van der Waals surface area contributed by atoms with Crippen molar-refractivity contribution in [2.45, 2.75) is 32.7 Å². The van der Waals surface area contributed by atoms with E-state index in [1.807, 2.05) is 7.05 Å². The third-order valence-electron chi connectivity index (χ3n) is 1.59. The summed E-state index contributed by atoms with van der Waals surface area (Å²) < 4.78 is 4.98. The minimum absolute atomic E-state index is 0.652. The van der Waals surface area contributed by atoms with Gasteiger partial charge in [0.2, 0.25) is 5.89 Å². The van der Waals surface area contributed by atoms with Crippen LogP contribution in [-0.4, -0.2) is 17.2 Å². The van der Waals surface area contributed by atoms with Crippen LogP contribution in [0.5, 0.6) is 0 Å². The van der Waals surface area contributed by atoms with E-state index in [0.717, 1.165) is 25.1 Å². The lowest BCUT2D eigenvalue weighted by molar-refractivity contribution is 0.366. The summed E-state index contributed by atoms with van der Waals surface area (Å²) in [6, 6.07) is 0. The molecule has 0 atom stereocenters. The molecule has 0 aliphatic carbocycles. The first-order valence-electron chi connectivity index (χ1n) is 4.33. The van der Waals surface area contributed by atoms with Gasteiger partial charge >= 0.3 is 0 Å². The first-order chi connectivity index (χ1) is 5.86. The molecule has 0 saturated heterocycles. The molecule has 0 fully saturated rings. The topological polar surface area (TPSA) is 51.0 Å². The van der Waals surface area contributed by atoms with E-state index in [9.17, 15) is 0 Å². The summed E-state index contributed by atoms with van der Waals surface area (Å²) in [5, 5.41) is 6.80.